The van der Waals surface area contributed by atoms with E-state index in [0.717, 1.165) is 16.8 Å². The number of amides is 2. The molecule has 0 radical (unpaired) electrons. The zero-order valence-electron chi connectivity index (χ0n) is 17.4. The van der Waals surface area contributed by atoms with Gasteiger partial charge in [-0.2, -0.15) is 5.26 Å². The Kier molecular flexibility index (Phi) is 6.96. The summed E-state index contributed by atoms with van der Waals surface area (Å²) in [6.45, 7) is 6.23. The summed E-state index contributed by atoms with van der Waals surface area (Å²) in [6, 6.07) is 17.9. The Labute approximate surface area is 181 Å². The van der Waals surface area contributed by atoms with E-state index in [4.69, 9.17) is 0 Å². The van der Waals surface area contributed by atoms with Gasteiger partial charge in [0.15, 0.2) is 0 Å². The molecule has 6 heteroatoms. The number of carbonyl (C=O) groups is 2. The van der Waals surface area contributed by atoms with Gasteiger partial charge < -0.3 is 10.6 Å². The number of allylic oxidation sites excluding steroid dienone is 1. The summed E-state index contributed by atoms with van der Waals surface area (Å²) in [5.41, 5.74) is 4.48. The number of thioether (sulfide) groups is 1. The third-order valence-corrected chi connectivity index (χ3v) is 6.06. The van der Waals surface area contributed by atoms with E-state index < -0.39 is 0 Å². The van der Waals surface area contributed by atoms with Crippen LogP contribution in [0.1, 0.15) is 48.8 Å². The van der Waals surface area contributed by atoms with Crippen molar-refractivity contribution in [3.63, 3.8) is 0 Å². The summed E-state index contributed by atoms with van der Waals surface area (Å²) in [6.07, 6.45) is 0.226. The number of hydrogen-bond acceptors (Lipinski definition) is 4. The third kappa shape index (κ3) is 5.31. The standard InChI is InChI=1S/C24H25N3O2S/c1-15(2)17-6-8-18(9-7-17)20-12-22(28)27-24(21(20)13-25)30-14-23(29)26-19-10-4-16(3)5-11-19/h4-11,15,20H,12,14H2,1-3H3,(H,26,29)(H,27,28)/t20-/m1/s1. The maximum absolute atomic E-state index is 12.3. The van der Waals surface area contributed by atoms with Crippen LogP contribution in [0.4, 0.5) is 5.69 Å². The van der Waals surface area contributed by atoms with Gasteiger partial charge in [-0.25, -0.2) is 0 Å². The minimum atomic E-state index is -0.298. The SMILES string of the molecule is Cc1ccc(NC(=O)CSC2=C(C#N)[C@@H](c3ccc(C(C)C)cc3)CC(=O)N2)cc1. The van der Waals surface area contributed by atoms with Crippen LogP contribution in [0.2, 0.25) is 0 Å². The second-order valence-electron chi connectivity index (χ2n) is 7.68. The molecule has 154 valence electrons. The predicted octanol–water partition coefficient (Wildman–Crippen LogP) is 4.83. The fourth-order valence-electron chi connectivity index (χ4n) is 3.30. The van der Waals surface area contributed by atoms with Crippen LogP contribution >= 0.6 is 11.8 Å². The second kappa shape index (κ2) is 9.64. The Morgan fingerprint density at radius 2 is 1.87 bits per heavy atom. The quantitative estimate of drug-likeness (QED) is 0.703. The van der Waals surface area contributed by atoms with E-state index in [2.05, 4.69) is 30.6 Å². The fourth-order valence-corrected chi connectivity index (χ4v) is 4.18. The molecule has 0 aliphatic carbocycles. The molecule has 30 heavy (non-hydrogen) atoms. The van der Waals surface area contributed by atoms with Crippen molar-refractivity contribution in [3.05, 3.63) is 75.8 Å². The average molecular weight is 420 g/mol. The topological polar surface area (TPSA) is 82.0 Å². The van der Waals surface area contributed by atoms with Crippen LogP contribution in [-0.2, 0) is 9.59 Å². The highest BCUT2D eigenvalue weighted by Crippen LogP contribution is 2.36. The van der Waals surface area contributed by atoms with Crippen LogP contribution in [0.25, 0.3) is 0 Å². The minimum absolute atomic E-state index is 0.105. The van der Waals surface area contributed by atoms with Crippen LogP contribution in [0, 0.1) is 18.3 Å². The van der Waals surface area contributed by atoms with Crippen LogP contribution in [0.5, 0.6) is 0 Å². The predicted molar refractivity (Wildman–Crippen MR) is 121 cm³/mol. The number of aryl methyl sites for hydroxylation is 1. The van der Waals surface area contributed by atoms with E-state index in [-0.39, 0.29) is 29.9 Å². The van der Waals surface area contributed by atoms with E-state index in [1.165, 1.54) is 17.3 Å². The molecule has 5 nitrogen and oxygen atoms in total. The van der Waals surface area contributed by atoms with Gasteiger partial charge in [-0.15, -0.1) is 0 Å². The number of nitrogens with one attached hydrogen (secondary N) is 2. The van der Waals surface area contributed by atoms with Crippen LogP contribution in [-0.4, -0.2) is 17.6 Å². The van der Waals surface area contributed by atoms with Gasteiger partial charge in [-0.05, 0) is 36.1 Å². The number of hydrogen-bond donors (Lipinski definition) is 2. The first kappa shape index (κ1) is 21.7. The van der Waals surface area contributed by atoms with Gasteiger partial charge in [0, 0.05) is 18.0 Å². The van der Waals surface area contributed by atoms with Gasteiger partial charge in [-0.1, -0.05) is 67.6 Å². The molecule has 0 aromatic heterocycles. The summed E-state index contributed by atoms with van der Waals surface area (Å²) in [4.78, 5) is 24.6. The number of benzene rings is 2. The molecule has 0 spiro atoms. The van der Waals surface area contributed by atoms with E-state index in [0.29, 0.717) is 16.5 Å². The minimum Gasteiger partial charge on any atom is -0.325 e. The highest BCUT2D eigenvalue weighted by molar-refractivity contribution is 8.03. The summed E-state index contributed by atoms with van der Waals surface area (Å²) in [5.74, 6) is -0.113. The molecule has 2 aromatic carbocycles. The Morgan fingerprint density at radius 3 is 2.47 bits per heavy atom. The molecule has 0 fully saturated rings. The van der Waals surface area contributed by atoms with E-state index >= 15 is 0 Å². The van der Waals surface area contributed by atoms with Gasteiger partial charge in [0.05, 0.1) is 22.4 Å². The van der Waals surface area contributed by atoms with Crippen LogP contribution in [0.3, 0.4) is 0 Å². The van der Waals surface area contributed by atoms with E-state index in [9.17, 15) is 14.9 Å². The normalized spacial score (nSPS) is 16.2. The highest BCUT2D eigenvalue weighted by Gasteiger charge is 2.29. The van der Waals surface area contributed by atoms with Crippen molar-refractivity contribution in [3.8, 4) is 6.07 Å². The lowest BCUT2D eigenvalue weighted by molar-refractivity contribution is -0.121. The van der Waals surface area contributed by atoms with Crippen molar-refractivity contribution < 1.29 is 9.59 Å². The van der Waals surface area contributed by atoms with Crippen molar-refractivity contribution in [1.82, 2.24) is 5.32 Å². The Bertz CT molecular complexity index is 1000. The Morgan fingerprint density at radius 1 is 1.20 bits per heavy atom. The zero-order chi connectivity index (χ0) is 21.7. The van der Waals surface area contributed by atoms with Gasteiger partial charge in [0.1, 0.15) is 0 Å². The van der Waals surface area contributed by atoms with Gasteiger partial charge in [0.25, 0.3) is 0 Å². The summed E-state index contributed by atoms with van der Waals surface area (Å²) in [7, 11) is 0. The van der Waals surface area contributed by atoms with E-state index in [1.807, 2.05) is 55.5 Å². The molecular formula is C24H25N3O2S. The Hall–Kier alpha value is -3.04. The van der Waals surface area contributed by atoms with Crippen molar-refractivity contribution in [2.75, 3.05) is 11.1 Å². The zero-order valence-corrected chi connectivity index (χ0v) is 18.2. The molecule has 1 aliphatic heterocycles. The number of rotatable bonds is 6. The maximum atomic E-state index is 12.3. The molecule has 0 bridgehead atoms. The maximum Gasteiger partial charge on any atom is 0.234 e. The monoisotopic (exact) mass is 419 g/mol. The van der Waals surface area contributed by atoms with Crippen molar-refractivity contribution in [2.24, 2.45) is 0 Å². The largest absolute Gasteiger partial charge is 0.325 e. The van der Waals surface area contributed by atoms with E-state index in [1.54, 1.807) is 0 Å². The first-order valence-corrected chi connectivity index (χ1v) is 10.9. The van der Waals surface area contributed by atoms with Crippen LogP contribution in [0.15, 0.2) is 59.1 Å². The first-order valence-electron chi connectivity index (χ1n) is 9.90. The highest BCUT2D eigenvalue weighted by atomic mass is 32.2. The number of nitrogens with zero attached hydrogens (tertiary/aromatic N) is 1. The lowest BCUT2D eigenvalue weighted by Gasteiger charge is -2.25. The fraction of sp³-hybridized carbons (Fsp3) is 0.292. The molecule has 0 saturated heterocycles. The van der Waals surface area contributed by atoms with Crippen molar-refractivity contribution >= 4 is 29.3 Å². The molecule has 2 N–H and O–H groups in total. The molecule has 1 aliphatic rings. The lowest BCUT2D eigenvalue weighted by Crippen LogP contribution is -2.31. The average Bonchev–Trinajstić information content (AvgIpc) is 2.73. The van der Waals surface area contributed by atoms with Crippen molar-refractivity contribution in [1.29, 1.82) is 5.26 Å². The summed E-state index contributed by atoms with van der Waals surface area (Å²) >= 11 is 1.18. The molecule has 0 unspecified atom stereocenters. The molecule has 1 heterocycles. The molecule has 3 rings (SSSR count). The van der Waals surface area contributed by atoms with Gasteiger partial charge in [-0.3, -0.25) is 9.59 Å². The lowest BCUT2D eigenvalue weighted by atomic mass is 9.86. The molecule has 0 saturated carbocycles. The first-order chi connectivity index (χ1) is 14.4. The summed E-state index contributed by atoms with van der Waals surface area (Å²) < 4.78 is 0. The Balaban J connectivity index is 1.74. The number of nitriles is 1. The number of carbonyl (C=O) groups excluding carboxylic acids is 2. The van der Waals surface area contributed by atoms with Gasteiger partial charge >= 0.3 is 0 Å². The second-order valence-corrected chi connectivity index (χ2v) is 8.67. The smallest absolute Gasteiger partial charge is 0.234 e. The third-order valence-electron chi connectivity index (χ3n) is 5.04. The summed E-state index contributed by atoms with van der Waals surface area (Å²) in [5, 5.41) is 15.8. The molecule has 2 aromatic rings. The molecular weight excluding hydrogens is 394 g/mol. The van der Waals surface area contributed by atoms with Crippen molar-refractivity contribution in [2.45, 2.75) is 39.0 Å². The molecule has 2 amide bonds. The number of anilines is 1. The van der Waals surface area contributed by atoms with Gasteiger partial charge in [0.2, 0.25) is 11.8 Å². The molecule has 1 atom stereocenters. The van der Waals surface area contributed by atoms with Crippen LogP contribution < -0.4 is 10.6 Å².